The molecule has 0 aliphatic heterocycles. The predicted molar refractivity (Wildman–Crippen MR) is 75.2 cm³/mol. The van der Waals surface area contributed by atoms with E-state index in [1.54, 1.807) is 37.5 Å². The van der Waals surface area contributed by atoms with Crippen LogP contribution in [0.5, 0.6) is 0 Å². The van der Waals surface area contributed by atoms with Crippen LogP contribution in [0.3, 0.4) is 0 Å². The van der Waals surface area contributed by atoms with Crippen molar-refractivity contribution < 1.29 is 4.79 Å². The summed E-state index contributed by atoms with van der Waals surface area (Å²) in [5.41, 5.74) is 8.19. The first-order valence-corrected chi connectivity index (χ1v) is 5.81. The molecule has 1 heterocycles. The highest BCUT2D eigenvalue weighted by atomic mass is 16.1. The largest absolute Gasteiger partial charge is 0.398 e. The molecular formula is C14H15N3O2. The average molecular weight is 257 g/mol. The highest BCUT2D eigenvalue weighted by molar-refractivity contribution is 6.04. The van der Waals surface area contributed by atoms with Crippen LogP contribution in [-0.2, 0) is 7.05 Å². The molecule has 0 spiro atoms. The normalized spacial score (nSPS) is 10.2. The molecule has 0 atom stereocenters. The SMILES string of the molecule is Cc1ccc(C(=O)Nc2ccc(=O)n(C)c2)cc1N. The maximum Gasteiger partial charge on any atom is 0.255 e. The molecule has 1 aromatic heterocycles. The standard InChI is InChI=1S/C14H15N3O2/c1-9-3-4-10(7-12(9)15)14(19)16-11-5-6-13(18)17(2)8-11/h3-8H,15H2,1-2H3,(H,16,19). The van der Waals surface area contributed by atoms with Crippen molar-refractivity contribution in [1.82, 2.24) is 4.57 Å². The molecule has 0 aliphatic rings. The highest BCUT2D eigenvalue weighted by Crippen LogP contribution is 2.14. The molecule has 0 fully saturated rings. The summed E-state index contributed by atoms with van der Waals surface area (Å²) in [6.07, 6.45) is 1.57. The third-order valence-electron chi connectivity index (χ3n) is 2.89. The third-order valence-corrected chi connectivity index (χ3v) is 2.89. The van der Waals surface area contributed by atoms with E-state index in [1.165, 1.54) is 10.6 Å². The number of anilines is 2. The van der Waals surface area contributed by atoms with Gasteiger partial charge in [-0.3, -0.25) is 9.59 Å². The molecule has 0 radical (unpaired) electrons. The zero-order valence-corrected chi connectivity index (χ0v) is 10.8. The summed E-state index contributed by atoms with van der Waals surface area (Å²) in [6.45, 7) is 1.88. The first-order valence-electron chi connectivity index (χ1n) is 5.81. The van der Waals surface area contributed by atoms with Gasteiger partial charge < -0.3 is 15.6 Å². The topological polar surface area (TPSA) is 77.1 Å². The van der Waals surface area contributed by atoms with Crippen molar-refractivity contribution in [2.75, 3.05) is 11.1 Å². The first kappa shape index (κ1) is 12.9. The van der Waals surface area contributed by atoms with Crippen LogP contribution >= 0.6 is 0 Å². The number of hydrogen-bond donors (Lipinski definition) is 2. The summed E-state index contributed by atoms with van der Waals surface area (Å²) in [7, 11) is 1.63. The minimum absolute atomic E-state index is 0.127. The molecule has 2 aromatic rings. The lowest BCUT2D eigenvalue weighted by Crippen LogP contribution is -2.18. The van der Waals surface area contributed by atoms with Crippen molar-refractivity contribution in [2.45, 2.75) is 6.92 Å². The van der Waals surface area contributed by atoms with Crippen LogP contribution < -0.4 is 16.6 Å². The van der Waals surface area contributed by atoms with Crippen LogP contribution in [0.25, 0.3) is 0 Å². The van der Waals surface area contributed by atoms with Gasteiger partial charge in [-0.1, -0.05) is 6.07 Å². The Morgan fingerprint density at radius 1 is 1.26 bits per heavy atom. The van der Waals surface area contributed by atoms with Crippen molar-refractivity contribution in [3.8, 4) is 0 Å². The Bertz CT molecular complexity index is 689. The van der Waals surface area contributed by atoms with Crippen molar-refractivity contribution >= 4 is 17.3 Å². The van der Waals surface area contributed by atoms with E-state index in [9.17, 15) is 9.59 Å². The number of nitrogens with two attached hydrogens (primary N) is 1. The average Bonchev–Trinajstić information content (AvgIpc) is 2.37. The van der Waals surface area contributed by atoms with Crippen LogP contribution in [0.1, 0.15) is 15.9 Å². The van der Waals surface area contributed by atoms with Crippen LogP contribution in [0, 0.1) is 6.92 Å². The molecule has 2 rings (SSSR count). The summed E-state index contributed by atoms with van der Waals surface area (Å²) in [6, 6.07) is 8.11. The van der Waals surface area contributed by atoms with Gasteiger partial charge >= 0.3 is 0 Å². The third kappa shape index (κ3) is 2.82. The predicted octanol–water partition coefficient (Wildman–Crippen LogP) is 1.53. The number of pyridine rings is 1. The molecule has 0 saturated heterocycles. The minimum Gasteiger partial charge on any atom is -0.398 e. The van der Waals surface area contributed by atoms with Crippen LogP contribution in [0.4, 0.5) is 11.4 Å². The van der Waals surface area contributed by atoms with Crippen molar-refractivity contribution in [1.29, 1.82) is 0 Å². The zero-order chi connectivity index (χ0) is 14.0. The molecule has 0 aliphatic carbocycles. The number of carbonyl (C=O) groups excluding carboxylic acids is 1. The molecule has 0 unspecified atom stereocenters. The van der Waals surface area contributed by atoms with E-state index in [0.29, 0.717) is 16.9 Å². The van der Waals surface area contributed by atoms with Gasteiger partial charge in [-0.25, -0.2) is 0 Å². The Kier molecular flexibility index (Phi) is 3.37. The fourth-order valence-corrected chi connectivity index (χ4v) is 1.65. The number of aromatic nitrogens is 1. The summed E-state index contributed by atoms with van der Waals surface area (Å²) < 4.78 is 1.40. The summed E-state index contributed by atoms with van der Waals surface area (Å²) in [5, 5.41) is 2.72. The Labute approximate surface area is 110 Å². The second-order valence-electron chi connectivity index (χ2n) is 4.39. The molecule has 19 heavy (non-hydrogen) atoms. The number of carbonyl (C=O) groups is 1. The van der Waals surface area contributed by atoms with Gasteiger partial charge in [0.15, 0.2) is 0 Å². The van der Waals surface area contributed by atoms with Gasteiger partial charge in [-0.2, -0.15) is 0 Å². The van der Waals surface area contributed by atoms with E-state index in [1.807, 2.05) is 6.92 Å². The first-order chi connectivity index (χ1) is 8.97. The molecule has 0 saturated carbocycles. The van der Waals surface area contributed by atoms with Crippen molar-refractivity contribution in [2.24, 2.45) is 7.05 Å². The molecule has 1 aromatic carbocycles. The second-order valence-corrected chi connectivity index (χ2v) is 4.39. The Balaban J connectivity index is 2.22. The molecule has 0 bridgehead atoms. The van der Waals surface area contributed by atoms with Gasteiger partial charge in [0.1, 0.15) is 0 Å². The lowest BCUT2D eigenvalue weighted by atomic mass is 10.1. The number of nitrogens with one attached hydrogen (secondary N) is 1. The molecular weight excluding hydrogens is 242 g/mol. The van der Waals surface area contributed by atoms with Gasteiger partial charge in [-0.05, 0) is 30.7 Å². The van der Waals surface area contributed by atoms with Gasteiger partial charge in [0.2, 0.25) is 5.56 Å². The van der Waals surface area contributed by atoms with Gasteiger partial charge in [0, 0.05) is 30.6 Å². The number of nitrogens with zero attached hydrogens (tertiary/aromatic N) is 1. The zero-order valence-electron chi connectivity index (χ0n) is 10.8. The Morgan fingerprint density at radius 3 is 2.63 bits per heavy atom. The summed E-state index contributed by atoms with van der Waals surface area (Å²) >= 11 is 0. The monoisotopic (exact) mass is 257 g/mol. The van der Waals surface area contributed by atoms with Crippen LogP contribution in [-0.4, -0.2) is 10.5 Å². The van der Waals surface area contributed by atoms with E-state index in [0.717, 1.165) is 5.56 Å². The number of nitrogen functional groups attached to an aromatic ring is 1. The maximum atomic E-state index is 12.0. The fraction of sp³-hybridized carbons (Fsp3) is 0.143. The minimum atomic E-state index is -0.259. The molecule has 1 amide bonds. The number of amides is 1. The van der Waals surface area contributed by atoms with E-state index in [4.69, 9.17) is 5.73 Å². The highest BCUT2D eigenvalue weighted by Gasteiger charge is 2.07. The quantitative estimate of drug-likeness (QED) is 0.801. The Hall–Kier alpha value is -2.56. The van der Waals surface area contributed by atoms with Crippen molar-refractivity contribution in [3.05, 3.63) is 58.0 Å². The number of hydrogen-bond acceptors (Lipinski definition) is 3. The van der Waals surface area contributed by atoms with Crippen LogP contribution in [0.15, 0.2) is 41.3 Å². The molecule has 3 N–H and O–H groups in total. The van der Waals surface area contributed by atoms with E-state index < -0.39 is 0 Å². The number of aryl methyl sites for hydroxylation is 2. The summed E-state index contributed by atoms with van der Waals surface area (Å²) in [4.78, 5) is 23.3. The summed E-state index contributed by atoms with van der Waals surface area (Å²) in [5.74, 6) is -0.259. The fourth-order valence-electron chi connectivity index (χ4n) is 1.65. The lowest BCUT2D eigenvalue weighted by molar-refractivity contribution is 0.102. The maximum absolute atomic E-state index is 12.0. The second kappa shape index (κ2) is 4.97. The smallest absolute Gasteiger partial charge is 0.255 e. The van der Waals surface area contributed by atoms with E-state index >= 15 is 0 Å². The van der Waals surface area contributed by atoms with E-state index in [-0.39, 0.29) is 11.5 Å². The molecule has 5 nitrogen and oxygen atoms in total. The molecule has 5 heteroatoms. The number of rotatable bonds is 2. The van der Waals surface area contributed by atoms with Gasteiger partial charge in [0.05, 0.1) is 5.69 Å². The Morgan fingerprint density at radius 2 is 2.00 bits per heavy atom. The van der Waals surface area contributed by atoms with Gasteiger partial charge in [0.25, 0.3) is 5.91 Å². The van der Waals surface area contributed by atoms with Crippen molar-refractivity contribution in [3.63, 3.8) is 0 Å². The van der Waals surface area contributed by atoms with Crippen LogP contribution in [0.2, 0.25) is 0 Å². The number of benzene rings is 1. The molecule has 98 valence electrons. The van der Waals surface area contributed by atoms with Gasteiger partial charge in [-0.15, -0.1) is 0 Å². The lowest BCUT2D eigenvalue weighted by Gasteiger charge is -2.08. The van der Waals surface area contributed by atoms with E-state index in [2.05, 4.69) is 5.32 Å².